The fourth-order valence-corrected chi connectivity index (χ4v) is 2.24. The number of nitrogen functional groups attached to an aromatic ring is 2. The fourth-order valence-electron chi connectivity index (χ4n) is 2.24. The van der Waals surface area contributed by atoms with Gasteiger partial charge in [0.2, 0.25) is 0 Å². The van der Waals surface area contributed by atoms with Crippen molar-refractivity contribution in [1.82, 2.24) is 4.98 Å². The second-order valence-corrected chi connectivity index (χ2v) is 4.41. The highest BCUT2D eigenvalue weighted by molar-refractivity contribution is 6.01. The molecule has 1 aromatic heterocycles. The summed E-state index contributed by atoms with van der Waals surface area (Å²) < 4.78 is 0. The normalized spacial score (nSPS) is 10.7. The summed E-state index contributed by atoms with van der Waals surface area (Å²) in [7, 11) is 0. The van der Waals surface area contributed by atoms with E-state index >= 15 is 0 Å². The van der Waals surface area contributed by atoms with Crippen LogP contribution in [-0.2, 0) is 0 Å². The molecule has 0 aliphatic rings. The molecule has 4 heteroatoms. The molecule has 2 aromatic carbocycles. The molecule has 19 heavy (non-hydrogen) atoms. The van der Waals surface area contributed by atoms with Gasteiger partial charge in [-0.15, -0.1) is 0 Å². The summed E-state index contributed by atoms with van der Waals surface area (Å²) in [6.45, 7) is 0. The summed E-state index contributed by atoms with van der Waals surface area (Å²) in [6, 6.07) is 15.0. The molecule has 0 aliphatic heterocycles. The Labute approximate surface area is 109 Å². The molecule has 94 valence electrons. The van der Waals surface area contributed by atoms with Crippen molar-refractivity contribution in [1.29, 1.82) is 0 Å². The number of hydrogen-bond acceptors (Lipinski definition) is 3. The minimum Gasteiger partial charge on any atom is -0.399 e. The molecule has 0 atom stereocenters. The monoisotopic (exact) mass is 251 g/mol. The molecule has 5 N–H and O–H groups in total. The summed E-state index contributed by atoms with van der Waals surface area (Å²) in [6.07, 6.45) is 0. The van der Waals surface area contributed by atoms with Crippen molar-refractivity contribution >= 4 is 22.3 Å². The van der Waals surface area contributed by atoms with E-state index in [0.717, 1.165) is 22.0 Å². The molecule has 0 aliphatic carbocycles. The van der Waals surface area contributed by atoms with Crippen LogP contribution in [0.15, 0.2) is 53.3 Å². The van der Waals surface area contributed by atoms with Crippen LogP contribution in [0.2, 0.25) is 0 Å². The first-order chi connectivity index (χ1) is 9.16. The van der Waals surface area contributed by atoms with Crippen LogP contribution >= 0.6 is 0 Å². The molecule has 0 bridgehead atoms. The van der Waals surface area contributed by atoms with E-state index in [0.29, 0.717) is 5.69 Å². The zero-order chi connectivity index (χ0) is 13.4. The SMILES string of the molecule is Nc1ccc2[nH]c(=O)c(N)c(-c3ccccc3)c2c1. The van der Waals surface area contributed by atoms with Crippen molar-refractivity contribution in [3.8, 4) is 11.1 Å². The highest BCUT2D eigenvalue weighted by Crippen LogP contribution is 2.31. The third-order valence-electron chi connectivity index (χ3n) is 3.14. The van der Waals surface area contributed by atoms with Crippen LogP contribution in [-0.4, -0.2) is 4.98 Å². The lowest BCUT2D eigenvalue weighted by Gasteiger charge is -2.10. The van der Waals surface area contributed by atoms with E-state index in [1.54, 1.807) is 12.1 Å². The van der Waals surface area contributed by atoms with Gasteiger partial charge in [0.25, 0.3) is 5.56 Å². The van der Waals surface area contributed by atoms with Gasteiger partial charge in [0.15, 0.2) is 0 Å². The quantitative estimate of drug-likeness (QED) is 0.580. The van der Waals surface area contributed by atoms with Gasteiger partial charge in [-0.1, -0.05) is 30.3 Å². The van der Waals surface area contributed by atoms with E-state index < -0.39 is 0 Å². The van der Waals surface area contributed by atoms with Gasteiger partial charge in [0, 0.05) is 22.2 Å². The largest absolute Gasteiger partial charge is 0.399 e. The number of pyridine rings is 1. The zero-order valence-corrected chi connectivity index (χ0v) is 10.2. The number of aromatic amines is 1. The molecule has 3 rings (SSSR count). The van der Waals surface area contributed by atoms with Gasteiger partial charge < -0.3 is 16.5 Å². The van der Waals surface area contributed by atoms with Crippen molar-refractivity contribution in [2.45, 2.75) is 0 Å². The fraction of sp³-hybridized carbons (Fsp3) is 0. The smallest absolute Gasteiger partial charge is 0.272 e. The maximum absolute atomic E-state index is 11.9. The van der Waals surface area contributed by atoms with Gasteiger partial charge >= 0.3 is 0 Å². The molecular formula is C15H13N3O. The predicted octanol–water partition coefficient (Wildman–Crippen LogP) is 2.36. The van der Waals surface area contributed by atoms with Crippen LogP contribution in [0.4, 0.5) is 11.4 Å². The molecule has 4 nitrogen and oxygen atoms in total. The maximum Gasteiger partial charge on any atom is 0.272 e. The lowest BCUT2D eigenvalue weighted by molar-refractivity contribution is 1.31. The summed E-state index contributed by atoms with van der Waals surface area (Å²) in [5, 5.41) is 0.850. The first-order valence-electron chi connectivity index (χ1n) is 5.93. The lowest BCUT2D eigenvalue weighted by atomic mass is 9.99. The van der Waals surface area contributed by atoms with E-state index in [-0.39, 0.29) is 11.2 Å². The topological polar surface area (TPSA) is 84.9 Å². The summed E-state index contributed by atoms with van der Waals surface area (Å²) in [5.41, 5.74) is 14.7. The van der Waals surface area contributed by atoms with Crippen LogP contribution in [0.3, 0.4) is 0 Å². The third-order valence-corrected chi connectivity index (χ3v) is 3.14. The molecular weight excluding hydrogens is 238 g/mol. The number of nitrogens with one attached hydrogen (secondary N) is 1. The molecule has 1 heterocycles. The van der Waals surface area contributed by atoms with Gasteiger partial charge in [0.1, 0.15) is 5.69 Å². The van der Waals surface area contributed by atoms with Crippen molar-refractivity contribution in [3.05, 3.63) is 58.9 Å². The average molecular weight is 251 g/mol. The Morgan fingerprint density at radius 1 is 0.947 bits per heavy atom. The van der Waals surface area contributed by atoms with Gasteiger partial charge in [-0.2, -0.15) is 0 Å². The Balaban J connectivity index is 2.48. The number of anilines is 2. The number of hydrogen-bond donors (Lipinski definition) is 3. The second kappa shape index (κ2) is 4.17. The number of H-pyrrole nitrogens is 1. The Morgan fingerprint density at radius 3 is 2.42 bits per heavy atom. The van der Waals surface area contributed by atoms with Crippen LogP contribution < -0.4 is 17.0 Å². The first kappa shape index (κ1) is 11.3. The van der Waals surface area contributed by atoms with Crippen molar-refractivity contribution in [3.63, 3.8) is 0 Å². The molecule has 0 amide bonds. The number of fused-ring (bicyclic) bond motifs is 1. The van der Waals surface area contributed by atoms with Gasteiger partial charge in [0.05, 0.1) is 0 Å². The number of benzene rings is 2. The van der Waals surface area contributed by atoms with E-state index in [1.807, 2.05) is 36.4 Å². The lowest BCUT2D eigenvalue weighted by Crippen LogP contribution is -2.13. The van der Waals surface area contributed by atoms with Crippen LogP contribution in [0.1, 0.15) is 0 Å². The van der Waals surface area contributed by atoms with Crippen molar-refractivity contribution in [2.24, 2.45) is 0 Å². The third kappa shape index (κ3) is 1.83. The molecule has 3 aromatic rings. The van der Waals surface area contributed by atoms with E-state index in [2.05, 4.69) is 4.98 Å². The minimum absolute atomic E-state index is 0.212. The van der Waals surface area contributed by atoms with Crippen LogP contribution in [0, 0.1) is 0 Å². The Morgan fingerprint density at radius 2 is 1.68 bits per heavy atom. The van der Waals surface area contributed by atoms with Crippen LogP contribution in [0.25, 0.3) is 22.0 Å². The van der Waals surface area contributed by atoms with Crippen molar-refractivity contribution < 1.29 is 0 Å². The Hall–Kier alpha value is -2.75. The predicted molar refractivity (Wildman–Crippen MR) is 78.8 cm³/mol. The van der Waals surface area contributed by atoms with Crippen LogP contribution in [0.5, 0.6) is 0 Å². The molecule has 0 unspecified atom stereocenters. The summed E-state index contributed by atoms with van der Waals surface area (Å²) >= 11 is 0. The molecule has 0 spiro atoms. The van der Waals surface area contributed by atoms with Gasteiger partial charge in [-0.3, -0.25) is 4.79 Å². The number of rotatable bonds is 1. The first-order valence-corrected chi connectivity index (χ1v) is 5.93. The highest BCUT2D eigenvalue weighted by Gasteiger charge is 2.11. The Kier molecular flexibility index (Phi) is 2.49. The van der Waals surface area contributed by atoms with E-state index in [9.17, 15) is 4.79 Å². The minimum atomic E-state index is -0.281. The van der Waals surface area contributed by atoms with E-state index in [1.165, 1.54) is 0 Å². The number of nitrogens with two attached hydrogens (primary N) is 2. The molecule has 0 radical (unpaired) electrons. The Bertz CT molecular complexity index is 807. The maximum atomic E-state index is 11.9. The average Bonchev–Trinajstić information content (AvgIpc) is 2.42. The summed E-state index contributed by atoms with van der Waals surface area (Å²) in [5.74, 6) is 0. The molecule has 0 saturated carbocycles. The molecule has 0 saturated heterocycles. The highest BCUT2D eigenvalue weighted by atomic mass is 16.1. The summed E-state index contributed by atoms with van der Waals surface area (Å²) in [4.78, 5) is 14.7. The standard InChI is InChI=1S/C15H13N3O/c16-10-6-7-12-11(8-10)13(14(17)15(19)18-12)9-4-2-1-3-5-9/h1-8H,16-17H2,(H,18,19). The van der Waals surface area contributed by atoms with E-state index in [4.69, 9.17) is 11.5 Å². The van der Waals surface area contributed by atoms with Crippen molar-refractivity contribution in [2.75, 3.05) is 11.5 Å². The molecule has 0 fully saturated rings. The van der Waals surface area contributed by atoms with Gasteiger partial charge in [-0.25, -0.2) is 0 Å². The number of aromatic nitrogens is 1. The second-order valence-electron chi connectivity index (χ2n) is 4.41. The zero-order valence-electron chi connectivity index (χ0n) is 10.2. The van der Waals surface area contributed by atoms with Gasteiger partial charge in [-0.05, 0) is 23.8 Å².